The second-order valence-corrected chi connectivity index (χ2v) is 10.2. The molecule has 8 nitrogen and oxygen atoms in total. The predicted molar refractivity (Wildman–Crippen MR) is 139 cm³/mol. The van der Waals surface area contributed by atoms with Crippen LogP contribution in [0.1, 0.15) is 58.2 Å². The number of amides is 2. The molecular formula is C28H38N2O6. The summed E-state index contributed by atoms with van der Waals surface area (Å²) in [6.45, 7) is 10.7. The maximum atomic E-state index is 13.3. The van der Waals surface area contributed by atoms with Crippen LogP contribution in [0.25, 0.3) is 0 Å². The zero-order valence-electron chi connectivity index (χ0n) is 22.4. The van der Waals surface area contributed by atoms with E-state index < -0.39 is 12.2 Å². The molecule has 2 amide bonds. The van der Waals surface area contributed by atoms with Crippen molar-refractivity contribution in [1.82, 2.24) is 4.90 Å². The number of ether oxygens (including phenoxy) is 4. The molecule has 0 saturated heterocycles. The molecular weight excluding hydrogens is 460 g/mol. The number of hydrogen-bond donors (Lipinski definition) is 0. The Morgan fingerprint density at radius 3 is 2.25 bits per heavy atom. The van der Waals surface area contributed by atoms with Gasteiger partial charge in [-0.25, -0.2) is 9.59 Å². The van der Waals surface area contributed by atoms with Crippen LogP contribution in [-0.2, 0) is 16.0 Å². The Balaban J connectivity index is 2.10. The van der Waals surface area contributed by atoms with Crippen molar-refractivity contribution in [2.45, 2.75) is 59.7 Å². The summed E-state index contributed by atoms with van der Waals surface area (Å²) in [7, 11) is 3.11. The molecule has 1 aliphatic rings. The van der Waals surface area contributed by atoms with Crippen LogP contribution < -0.4 is 14.4 Å². The highest BCUT2D eigenvalue weighted by atomic mass is 16.6. The Morgan fingerprint density at radius 1 is 1.03 bits per heavy atom. The van der Waals surface area contributed by atoms with Crippen LogP contribution in [0.4, 0.5) is 15.3 Å². The average molecular weight is 499 g/mol. The summed E-state index contributed by atoms with van der Waals surface area (Å²) >= 11 is 0. The van der Waals surface area contributed by atoms with Gasteiger partial charge in [0.25, 0.3) is 0 Å². The van der Waals surface area contributed by atoms with Crippen molar-refractivity contribution in [1.29, 1.82) is 0 Å². The van der Waals surface area contributed by atoms with Crippen molar-refractivity contribution in [3.63, 3.8) is 0 Å². The number of rotatable bonds is 7. The van der Waals surface area contributed by atoms with Crippen LogP contribution in [-0.4, -0.2) is 50.6 Å². The van der Waals surface area contributed by atoms with Gasteiger partial charge < -0.3 is 18.9 Å². The molecule has 0 fully saturated rings. The van der Waals surface area contributed by atoms with E-state index >= 15 is 0 Å². The maximum absolute atomic E-state index is 13.3. The summed E-state index contributed by atoms with van der Waals surface area (Å²) < 4.78 is 22.3. The fourth-order valence-corrected chi connectivity index (χ4v) is 4.36. The van der Waals surface area contributed by atoms with Gasteiger partial charge in [-0.3, -0.25) is 9.80 Å². The Kier molecular flexibility index (Phi) is 8.71. The third kappa shape index (κ3) is 6.22. The molecule has 0 N–H and O–H groups in total. The number of methoxy groups -OCH3 is 2. The van der Waals surface area contributed by atoms with E-state index in [1.165, 1.54) is 0 Å². The largest absolute Gasteiger partial charge is 0.493 e. The quantitative estimate of drug-likeness (QED) is 0.453. The average Bonchev–Trinajstić information content (AvgIpc) is 2.85. The number of benzene rings is 2. The summed E-state index contributed by atoms with van der Waals surface area (Å²) in [6.07, 6.45) is -0.350. The van der Waals surface area contributed by atoms with Crippen LogP contribution >= 0.6 is 0 Å². The Labute approximate surface area is 214 Å². The predicted octanol–water partition coefficient (Wildman–Crippen LogP) is 6.18. The number of hydrogen-bond acceptors (Lipinski definition) is 6. The van der Waals surface area contributed by atoms with Crippen molar-refractivity contribution < 1.29 is 28.5 Å². The van der Waals surface area contributed by atoms with Gasteiger partial charge in [0.2, 0.25) is 0 Å². The molecule has 36 heavy (non-hydrogen) atoms. The molecule has 2 atom stereocenters. The van der Waals surface area contributed by atoms with Crippen LogP contribution in [0.2, 0.25) is 0 Å². The minimum absolute atomic E-state index is 0.173. The summed E-state index contributed by atoms with van der Waals surface area (Å²) in [6, 6.07) is 12.8. The van der Waals surface area contributed by atoms with Gasteiger partial charge in [-0.1, -0.05) is 51.1 Å². The molecule has 1 aliphatic heterocycles. The highest BCUT2D eigenvalue weighted by Gasteiger charge is 2.40. The van der Waals surface area contributed by atoms with E-state index in [4.69, 9.17) is 18.9 Å². The van der Waals surface area contributed by atoms with Crippen LogP contribution in [0.5, 0.6) is 11.5 Å². The molecule has 0 saturated carbocycles. The van der Waals surface area contributed by atoms with E-state index in [0.29, 0.717) is 30.2 Å². The lowest BCUT2D eigenvalue weighted by Gasteiger charge is -2.43. The molecule has 0 radical (unpaired) electrons. The molecule has 0 unspecified atom stereocenters. The molecule has 1 heterocycles. The number of anilines is 1. The third-order valence-electron chi connectivity index (χ3n) is 6.06. The third-order valence-corrected chi connectivity index (χ3v) is 6.06. The molecule has 2 aromatic carbocycles. The molecule has 0 aromatic heterocycles. The monoisotopic (exact) mass is 498 g/mol. The van der Waals surface area contributed by atoms with E-state index in [1.54, 1.807) is 37.0 Å². The zero-order valence-corrected chi connectivity index (χ0v) is 22.4. The van der Waals surface area contributed by atoms with Crippen molar-refractivity contribution in [3.8, 4) is 11.5 Å². The molecule has 0 bridgehead atoms. The summed E-state index contributed by atoms with van der Waals surface area (Å²) in [4.78, 5) is 29.9. The van der Waals surface area contributed by atoms with Gasteiger partial charge in [-0.2, -0.15) is 0 Å². The normalized spacial score (nSPS) is 17.1. The Bertz CT molecular complexity index is 1050. The Morgan fingerprint density at radius 2 is 1.67 bits per heavy atom. The highest BCUT2D eigenvalue weighted by Crippen LogP contribution is 2.46. The molecule has 196 valence electrons. The van der Waals surface area contributed by atoms with Gasteiger partial charge >= 0.3 is 12.2 Å². The van der Waals surface area contributed by atoms with Crippen LogP contribution in [0.15, 0.2) is 42.5 Å². The summed E-state index contributed by atoms with van der Waals surface area (Å²) in [5.41, 5.74) is 2.20. The maximum Gasteiger partial charge on any atom is 0.414 e. The first kappa shape index (κ1) is 27.2. The first-order valence-electron chi connectivity index (χ1n) is 12.3. The second kappa shape index (κ2) is 11.5. The van der Waals surface area contributed by atoms with Gasteiger partial charge in [0.15, 0.2) is 11.5 Å². The van der Waals surface area contributed by atoms with E-state index in [-0.39, 0.29) is 30.7 Å². The van der Waals surface area contributed by atoms with Crippen molar-refractivity contribution in [3.05, 3.63) is 53.6 Å². The lowest BCUT2D eigenvalue weighted by atomic mass is 9.90. The summed E-state index contributed by atoms with van der Waals surface area (Å²) in [5.74, 6) is 1.01. The second-order valence-electron chi connectivity index (χ2n) is 10.2. The molecule has 3 rings (SSSR count). The topological polar surface area (TPSA) is 77.5 Å². The SMILES string of the molecule is CCOC(=O)N(Cc1ccccc1)[C@@H]1C[C@H](C)N(C(=O)OCC(C)(C)C)c2cc(OC)c(OC)cc21. The molecule has 8 heteroatoms. The van der Waals surface area contributed by atoms with E-state index in [9.17, 15) is 9.59 Å². The fraction of sp³-hybridized carbons (Fsp3) is 0.500. The fourth-order valence-electron chi connectivity index (χ4n) is 4.36. The van der Waals surface area contributed by atoms with Gasteiger partial charge in [0.05, 0.1) is 39.2 Å². The minimum Gasteiger partial charge on any atom is -0.493 e. The molecule has 0 aliphatic carbocycles. The van der Waals surface area contributed by atoms with E-state index in [1.807, 2.05) is 64.1 Å². The van der Waals surface area contributed by atoms with Gasteiger partial charge in [-0.05, 0) is 37.3 Å². The summed E-state index contributed by atoms with van der Waals surface area (Å²) in [5, 5.41) is 0. The number of nitrogens with zero attached hydrogens (tertiary/aromatic N) is 2. The van der Waals surface area contributed by atoms with Crippen molar-refractivity contribution >= 4 is 17.9 Å². The highest BCUT2D eigenvalue weighted by molar-refractivity contribution is 5.91. The van der Waals surface area contributed by atoms with Gasteiger partial charge in [0, 0.05) is 24.2 Å². The van der Waals surface area contributed by atoms with E-state index in [2.05, 4.69) is 0 Å². The first-order chi connectivity index (χ1) is 17.1. The zero-order chi connectivity index (χ0) is 26.5. The number of carbonyl (C=O) groups excluding carboxylic acids is 2. The molecule has 2 aromatic rings. The number of carbonyl (C=O) groups is 2. The van der Waals surface area contributed by atoms with Crippen molar-refractivity contribution in [2.75, 3.05) is 32.3 Å². The van der Waals surface area contributed by atoms with E-state index in [0.717, 1.165) is 11.1 Å². The lowest BCUT2D eigenvalue weighted by molar-refractivity contribution is 0.0796. The smallest absolute Gasteiger partial charge is 0.414 e. The van der Waals surface area contributed by atoms with Crippen LogP contribution in [0.3, 0.4) is 0 Å². The number of fused-ring (bicyclic) bond motifs is 1. The van der Waals surface area contributed by atoms with Gasteiger partial charge in [0.1, 0.15) is 0 Å². The minimum atomic E-state index is -0.435. The molecule has 0 spiro atoms. The van der Waals surface area contributed by atoms with Gasteiger partial charge in [-0.15, -0.1) is 0 Å². The van der Waals surface area contributed by atoms with Crippen LogP contribution in [0, 0.1) is 5.41 Å². The van der Waals surface area contributed by atoms with Crippen molar-refractivity contribution in [2.24, 2.45) is 5.41 Å². The standard InChI is InChI=1S/C28H38N2O6/c1-8-35-26(31)29(17-20-12-10-9-11-13-20)22-14-19(2)30(27(32)36-18-28(3,4)5)23-16-25(34-7)24(33-6)15-21(22)23/h9-13,15-16,19,22H,8,14,17-18H2,1-7H3/t19-,22+/m0/s1. The Hall–Kier alpha value is -3.42. The lowest BCUT2D eigenvalue weighted by Crippen LogP contribution is -2.48. The first-order valence-corrected chi connectivity index (χ1v) is 12.3.